The predicted octanol–water partition coefficient (Wildman–Crippen LogP) is 3.93. The van der Waals surface area contributed by atoms with E-state index in [2.05, 4.69) is 15.4 Å². The first kappa shape index (κ1) is 16.9. The van der Waals surface area contributed by atoms with Crippen molar-refractivity contribution in [3.05, 3.63) is 101 Å². The molecule has 0 unspecified atom stereocenters. The second-order valence-electron chi connectivity index (χ2n) is 6.67. The minimum Gasteiger partial charge on any atom is -0.350 e. The van der Waals surface area contributed by atoms with Crippen molar-refractivity contribution in [3.8, 4) is 11.4 Å². The topological polar surface area (TPSA) is 79.8 Å². The molecule has 0 spiro atoms. The monoisotopic (exact) mass is 380 g/mol. The van der Waals surface area contributed by atoms with Crippen LogP contribution < -0.4 is 11.0 Å². The fourth-order valence-electron chi connectivity index (χ4n) is 3.37. The standard InChI is InChI=1S/C23H16N4O2/c28-22(20-14-16-10-4-6-12-18(16)24-20)26-27-21(15-8-2-1-3-9-15)25-19-13-7-5-11-17(19)23(27)29/h1-14,24H,(H,26,28). The van der Waals surface area contributed by atoms with E-state index in [1.165, 1.54) is 4.68 Å². The second-order valence-corrected chi connectivity index (χ2v) is 6.67. The maximum atomic E-state index is 13.2. The van der Waals surface area contributed by atoms with Crippen LogP contribution in [0.5, 0.6) is 0 Å². The molecular formula is C23H16N4O2. The summed E-state index contributed by atoms with van der Waals surface area (Å²) in [4.78, 5) is 33.8. The Morgan fingerprint density at radius 1 is 0.897 bits per heavy atom. The van der Waals surface area contributed by atoms with Crippen molar-refractivity contribution in [3.63, 3.8) is 0 Å². The van der Waals surface area contributed by atoms with Crippen LogP contribution in [0.15, 0.2) is 89.7 Å². The average molecular weight is 380 g/mol. The Balaban J connectivity index is 1.65. The number of benzene rings is 3. The highest BCUT2D eigenvalue weighted by atomic mass is 16.2. The Hall–Kier alpha value is -4.19. The Morgan fingerprint density at radius 2 is 1.62 bits per heavy atom. The summed E-state index contributed by atoms with van der Waals surface area (Å²) >= 11 is 0. The van der Waals surface area contributed by atoms with E-state index in [4.69, 9.17) is 0 Å². The number of H-pyrrole nitrogens is 1. The number of hydrogen-bond donors (Lipinski definition) is 2. The minimum absolute atomic E-state index is 0.334. The lowest BCUT2D eigenvalue weighted by Crippen LogP contribution is -2.35. The molecule has 0 aliphatic heterocycles. The van der Waals surface area contributed by atoms with E-state index in [9.17, 15) is 9.59 Å². The quantitative estimate of drug-likeness (QED) is 0.498. The number of nitrogens with zero attached hydrogens (tertiary/aromatic N) is 2. The van der Waals surface area contributed by atoms with Gasteiger partial charge in [-0.1, -0.05) is 60.7 Å². The van der Waals surface area contributed by atoms with Gasteiger partial charge in [0.05, 0.1) is 10.9 Å². The fourth-order valence-corrected chi connectivity index (χ4v) is 3.37. The first-order valence-corrected chi connectivity index (χ1v) is 9.17. The first-order valence-electron chi connectivity index (χ1n) is 9.17. The van der Waals surface area contributed by atoms with Crippen molar-refractivity contribution in [1.82, 2.24) is 14.6 Å². The largest absolute Gasteiger partial charge is 0.350 e. The molecule has 0 aliphatic rings. The van der Waals surface area contributed by atoms with Gasteiger partial charge in [-0.15, -0.1) is 0 Å². The van der Waals surface area contributed by atoms with Gasteiger partial charge in [-0.2, -0.15) is 4.68 Å². The van der Waals surface area contributed by atoms with Crippen molar-refractivity contribution in [1.29, 1.82) is 0 Å². The van der Waals surface area contributed by atoms with Crippen LogP contribution >= 0.6 is 0 Å². The molecule has 0 saturated carbocycles. The normalized spacial score (nSPS) is 11.0. The van der Waals surface area contributed by atoms with Crippen LogP contribution in [-0.4, -0.2) is 20.6 Å². The number of carbonyl (C=O) groups excluding carboxylic acids is 1. The second kappa shape index (κ2) is 6.76. The molecule has 0 saturated heterocycles. The number of carbonyl (C=O) groups is 1. The highest BCUT2D eigenvalue weighted by molar-refractivity contribution is 6.02. The molecule has 0 radical (unpaired) electrons. The Kier molecular flexibility index (Phi) is 3.95. The van der Waals surface area contributed by atoms with Crippen molar-refractivity contribution >= 4 is 27.7 Å². The molecule has 140 valence electrons. The third-order valence-electron chi connectivity index (χ3n) is 4.80. The third-order valence-corrected chi connectivity index (χ3v) is 4.80. The zero-order valence-corrected chi connectivity index (χ0v) is 15.3. The molecule has 0 fully saturated rings. The van der Waals surface area contributed by atoms with Gasteiger partial charge in [-0.05, 0) is 24.3 Å². The molecule has 5 rings (SSSR count). The fraction of sp³-hybridized carbons (Fsp3) is 0. The summed E-state index contributed by atoms with van der Waals surface area (Å²) in [5.41, 5.74) is 4.91. The lowest BCUT2D eigenvalue weighted by Gasteiger charge is -2.14. The van der Waals surface area contributed by atoms with Gasteiger partial charge in [0.1, 0.15) is 5.69 Å². The summed E-state index contributed by atoms with van der Waals surface area (Å²) in [5, 5.41) is 1.36. The van der Waals surface area contributed by atoms with Gasteiger partial charge >= 0.3 is 0 Å². The molecule has 1 amide bonds. The van der Waals surface area contributed by atoms with Crippen molar-refractivity contribution in [2.75, 3.05) is 5.43 Å². The van der Waals surface area contributed by atoms with E-state index in [0.29, 0.717) is 22.4 Å². The lowest BCUT2D eigenvalue weighted by atomic mass is 10.2. The molecule has 2 aromatic heterocycles. The van der Waals surface area contributed by atoms with Crippen LogP contribution in [0.1, 0.15) is 10.5 Å². The summed E-state index contributed by atoms with van der Waals surface area (Å²) in [6.07, 6.45) is 0. The summed E-state index contributed by atoms with van der Waals surface area (Å²) in [5.74, 6) is -0.0451. The van der Waals surface area contributed by atoms with Gasteiger partial charge in [0.2, 0.25) is 0 Å². The van der Waals surface area contributed by atoms with Gasteiger partial charge in [-0.25, -0.2) is 4.98 Å². The molecule has 0 aliphatic carbocycles. The number of nitrogens with one attached hydrogen (secondary N) is 2. The van der Waals surface area contributed by atoms with Crippen LogP contribution in [0.3, 0.4) is 0 Å². The van der Waals surface area contributed by atoms with Gasteiger partial charge in [-0.3, -0.25) is 15.0 Å². The zero-order chi connectivity index (χ0) is 19.8. The van der Waals surface area contributed by atoms with E-state index >= 15 is 0 Å². The van der Waals surface area contributed by atoms with Gasteiger partial charge in [0, 0.05) is 16.5 Å². The van der Waals surface area contributed by atoms with E-state index in [1.807, 2.05) is 60.7 Å². The molecule has 0 bridgehead atoms. The van der Waals surface area contributed by atoms with Crippen LogP contribution in [0.25, 0.3) is 33.2 Å². The third kappa shape index (κ3) is 2.96. The van der Waals surface area contributed by atoms with Gasteiger partial charge in [0.25, 0.3) is 11.5 Å². The molecule has 0 atom stereocenters. The Morgan fingerprint density at radius 3 is 2.45 bits per heavy atom. The highest BCUT2D eigenvalue weighted by Crippen LogP contribution is 2.19. The highest BCUT2D eigenvalue weighted by Gasteiger charge is 2.16. The Labute approximate surface area is 165 Å². The van der Waals surface area contributed by atoms with Crippen molar-refractivity contribution < 1.29 is 4.79 Å². The molecular weight excluding hydrogens is 364 g/mol. The first-order chi connectivity index (χ1) is 14.2. The summed E-state index contributed by atoms with van der Waals surface area (Å²) < 4.78 is 1.21. The number of aromatic amines is 1. The SMILES string of the molecule is O=C(Nn1c(-c2ccccc2)nc2ccccc2c1=O)c1cc2ccccc2[nH]1. The molecule has 3 aromatic carbocycles. The summed E-state index contributed by atoms with van der Waals surface area (Å²) in [7, 11) is 0. The zero-order valence-electron chi connectivity index (χ0n) is 15.3. The van der Waals surface area contributed by atoms with E-state index < -0.39 is 5.91 Å². The van der Waals surface area contributed by atoms with Crippen molar-refractivity contribution in [2.24, 2.45) is 0 Å². The summed E-state index contributed by atoms with van der Waals surface area (Å²) in [6, 6.07) is 25.8. The summed E-state index contributed by atoms with van der Waals surface area (Å²) in [6.45, 7) is 0. The molecule has 5 aromatic rings. The van der Waals surface area contributed by atoms with E-state index in [0.717, 1.165) is 16.5 Å². The number of amides is 1. The predicted molar refractivity (Wildman–Crippen MR) is 113 cm³/mol. The molecule has 2 N–H and O–H groups in total. The average Bonchev–Trinajstić information content (AvgIpc) is 3.21. The smallest absolute Gasteiger partial charge is 0.286 e. The number of aromatic nitrogens is 3. The minimum atomic E-state index is -0.419. The van der Waals surface area contributed by atoms with E-state index in [-0.39, 0.29) is 5.56 Å². The van der Waals surface area contributed by atoms with Crippen LogP contribution in [0.2, 0.25) is 0 Å². The Bertz CT molecular complexity index is 1380. The van der Waals surface area contributed by atoms with E-state index in [1.54, 1.807) is 24.3 Å². The lowest BCUT2D eigenvalue weighted by molar-refractivity contribution is 0.100. The molecule has 6 heteroatoms. The van der Waals surface area contributed by atoms with Crippen LogP contribution in [0, 0.1) is 0 Å². The molecule has 2 heterocycles. The van der Waals surface area contributed by atoms with Gasteiger partial charge < -0.3 is 4.98 Å². The molecule has 29 heavy (non-hydrogen) atoms. The molecule has 6 nitrogen and oxygen atoms in total. The van der Waals surface area contributed by atoms with Crippen LogP contribution in [-0.2, 0) is 0 Å². The van der Waals surface area contributed by atoms with Crippen LogP contribution in [0.4, 0.5) is 0 Å². The number of para-hydroxylation sites is 2. The number of hydrogen-bond acceptors (Lipinski definition) is 3. The van der Waals surface area contributed by atoms with Gasteiger partial charge in [0.15, 0.2) is 5.82 Å². The number of rotatable bonds is 3. The maximum absolute atomic E-state index is 13.2. The number of fused-ring (bicyclic) bond motifs is 2. The van der Waals surface area contributed by atoms with Crippen molar-refractivity contribution in [2.45, 2.75) is 0 Å². The maximum Gasteiger partial charge on any atom is 0.286 e.